The summed E-state index contributed by atoms with van der Waals surface area (Å²) in [5, 5.41) is 13.2. The molecule has 6 heteroatoms. The van der Waals surface area contributed by atoms with Crippen molar-refractivity contribution in [2.75, 3.05) is 18.5 Å². The van der Waals surface area contributed by atoms with Crippen LogP contribution in [0.15, 0.2) is 24.5 Å². The van der Waals surface area contributed by atoms with Gasteiger partial charge in [0.25, 0.3) is 0 Å². The van der Waals surface area contributed by atoms with Gasteiger partial charge in [-0.05, 0) is 31.5 Å². The number of rotatable bonds is 3. The number of nitrogens with zero attached hydrogens (tertiary/aromatic N) is 2. The molecule has 20 heavy (non-hydrogen) atoms. The molecule has 2 N–H and O–H groups in total. The van der Waals surface area contributed by atoms with Crippen LogP contribution in [0.4, 0.5) is 5.82 Å². The highest BCUT2D eigenvalue weighted by atomic mass is 16.5. The average molecular weight is 273 g/mol. The summed E-state index contributed by atoms with van der Waals surface area (Å²) in [6.07, 6.45) is 2.35. The van der Waals surface area contributed by atoms with Crippen LogP contribution in [0.25, 0.3) is 10.9 Å². The van der Waals surface area contributed by atoms with Crippen LogP contribution < -0.4 is 5.32 Å². The van der Waals surface area contributed by atoms with Gasteiger partial charge >= 0.3 is 5.97 Å². The predicted octanol–water partition coefficient (Wildman–Crippen LogP) is 1.92. The average Bonchev–Trinajstić information content (AvgIpc) is 2.85. The lowest BCUT2D eigenvalue weighted by Gasteiger charge is -2.24. The van der Waals surface area contributed by atoms with Crippen molar-refractivity contribution in [1.82, 2.24) is 9.97 Å². The van der Waals surface area contributed by atoms with Gasteiger partial charge in [0.05, 0.1) is 23.2 Å². The third-order valence-corrected chi connectivity index (χ3v) is 3.52. The van der Waals surface area contributed by atoms with Gasteiger partial charge < -0.3 is 15.2 Å². The van der Waals surface area contributed by atoms with Crippen LogP contribution in [0, 0.1) is 0 Å². The van der Waals surface area contributed by atoms with Crippen LogP contribution in [0.5, 0.6) is 0 Å². The third-order valence-electron chi connectivity index (χ3n) is 3.52. The summed E-state index contributed by atoms with van der Waals surface area (Å²) in [4.78, 5) is 19.4. The molecule has 1 aromatic heterocycles. The zero-order chi connectivity index (χ0) is 14.2. The van der Waals surface area contributed by atoms with Crippen LogP contribution in [-0.4, -0.2) is 39.8 Å². The van der Waals surface area contributed by atoms with Crippen molar-refractivity contribution in [3.63, 3.8) is 0 Å². The van der Waals surface area contributed by atoms with Crippen molar-refractivity contribution in [3.8, 4) is 0 Å². The molecule has 3 rings (SSSR count). The number of carboxylic acid groups (broad SMARTS) is 1. The summed E-state index contributed by atoms with van der Waals surface area (Å²) in [7, 11) is 0. The van der Waals surface area contributed by atoms with Gasteiger partial charge in [0.1, 0.15) is 12.1 Å². The molecule has 2 heterocycles. The Morgan fingerprint density at radius 3 is 3.00 bits per heavy atom. The Kier molecular flexibility index (Phi) is 3.02. The molecule has 1 aliphatic rings. The molecule has 1 saturated heterocycles. The van der Waals surface area contributed by atoms with Crippen LogP contribution in [0.3, 0.4) is 0 Å². The van der Waals surface area contributed by atoms with Crippen molar-refractivity contribution in [3.05, 3.63) is 30.1 Å². The minimum absolute atomic E-state index is 0.146. The number of benzene rings is 1. The summed E-state index contributed by atoms with van der Waals surface area (Å²) in [6.45, 7) is 3.45. The molecule has 0 bridgehead atoms. The number of aromatic carboxylic acids is 1. The van der Waals surface area contributed by atoms with Gasteiger partial charge in [-0.3, -0.25) is 0 Å². The summed E-state index contributed by atoms with van der Waals surface area (Å²) >= 11 is 0. The van der Waals surface area contributed by atoms with Gasteiger partial charge in [-0.2, -0.15) is 0 Å². The number of carbonyl (C=O) groups is 1. The minimum Gasteiger partial charge on any atom is -0.478 e. The quantitative estimate of drug-likeness (QED) is 0.888. The lowest BCUT2D eigenvalue weighted by Crippen LogP contribution is -2.35. The highest BCUT2D eigenvalue weighted by Crippen LogP contribution is 2.27. The number of nitrogens with one attached hydrogen (secondary N) is 1. The second-order valence-electron chi connectivity index (χ2n) is 5.25. The first-order valence-corrected chi connectivity index (χ1v) is 6.41. The highest BCUT2D eigenvalue weighted by molar-refractivity contribution is 5.96. The molecule has 0 spiro atoms. The number of fused-ring (bicyclic) bond motifs is 1. The van der Waals surface area contributed by atoms with E-state index in [1.807, 2.05) is 0 Å². The third kappa shape index (κ3) is 2.30. The van der Waals surface area contributed by atoms with E-state index in [2.05, 4.69) is 22.2 Å². The first kappa shape index (κ1) is 12.8. The molecule has 2 aromatic rings. The number of hydrogen-bond donors (Lipinski definition) is 2. The van der Waals surface area contributed by atoms with Gasteiger partial charge in [-0.15, -0.1) is 0 Å². The van der Waals surface area contributed by atoms with Crippen molar-refractivity contribution in [2.24, 2.45) is 0 Å². The molecule has 6 nitrogen and oxygen atoms in total. The summed E-state index contributed by atoms with van der Waals surface area (Å²) in [6, 6.07) is 4.85. The van der Waals surface area contributed by atoms with Crippen LogP contribution in [0.1, 0.15) is 23.7 Å². The Morgan fingerprint density at radius 1 is 1.45 bits per heavy atom. The molecule has 0 radical (unpaired) electrons. The SMILES string of the molecule is CC1(Nc2ncnc3cc(C(=O)O)ccc23)CCOC1. The number of carboxylic acids is 1. The van der Waals surface area contributed by atoms with E-state index in [-0.39, 0.29) is 11.1 Å². The van der Waals surface area contributed by atoms with Crippen LogP contribution >= 0.6 is 0 Å². The van der Waals surface area contributed by atoms with E-state index >= 15 is 0 Å². The fourth-order valence-electron chi connectivity index (χ4n) is 2.34. The van der Waals surface area contributed by atoms with Gasteiger partial charge in [0, 0.05) is 12.0 Å². The lowest BCUT2D eigenvalue weighted by atomic mass is 10.0. The van der Waals surface area contributed by atoms with Gasteiger partial charge in [0.2, 0.25) is 0 Å². The topological polar surface area (TPSA) is 84.3 Å². The summed E-state index contributed by atoms with van der Waals surface area (Å²) < 4.78 is 5.41. The van der Waals surface area contributed by atoms with Gasteiger partial charge in [0.15, 0.2) is 0 Å². The zero-order valence-corrected chi connectivity index (χ0v) is 11.1. The second kappa shape index (κ2) is 4.72. The van der Waals surface area contributed by atoms with E-state index in [9.17, 15) is 4.79 Å². The normalized spacial score (nSPS) is 22.1. The second-order valence-corrected chi connectivity index (χ2v) is 5.25. The molecule has 104 valence electrons. The Bertz CT molecular complexity index is 666. The number of anilines is 1. The highest BCUT2D eigenvalue weighted by Gasteiger charge is 2.30. The standard InChI is InChI=1S/C14H15N3O3/c1-14(4-5-20-7-14)17-12-10-3-2-9(13(18)19)6-11(10)15-8-16-12/h2-3,6,8H,4-5,7H2,1H3,(H,18,19)(H,15,16,17). The maximum absolute atomic E-state index is 11.0. The fraction of sp³-hybridized carbons (Fsp3) is 0.357. The molecule has 0 saturated carbocycles. The Balaban J connectivity index is 2.01. The van der Waals surface area contributed by atoms with E-state index in [4.69, 9.17) is 9.84 Å². The molecule has 0 aliphatic carbocycles. The molecule has 0 amide bonds. The van der Waals surface area contributed by atoms with Crippen molar-refractivity contribution < 1.29 is 14.6 Å². The monoisotopic (exact) mass is 273 g/mol. The van der Waals surface area contributed by atoms with Crippen molar-refractivity contribution in [2.45, 2.75) is 18.9 Å². The molecule has 1 aromatic carbocycles. The Hall–Kier alpha value is -2.21. The largest absolute Gasteiger partial charge is 0.478 e. The van der Waals surface area contributed by atoms with Crippen molar-refractivity contribution >= 4 is 22.7 Å². The summed E-state index contributed by atoms with van der Waals surface area (Å²) in [5.41, 5.74) is 0.690. The van der Waals surface area contributed by atoms with E-state index in [0.717, 1.165) is 18.4 Å². The molecule has 1 unspecified atom stereocenters. The number of aromatic nitrogens is 2. The first-order chi connectivity index (χ1) is 9.57. The molecular weight excluding hydrogens is 258 g/mol. The molecule has 1 aliphatic heterocycles. The molecular formula is C14H15N3O3. The van der Waals surface area contributed by atoms with Gasteiger partial charge in [-0.1, -0.05) is 0 Å². The van der Waals surface area contributed by atoms with Crippen LogP contribution in [-0.2, 0) is 4.74 Å². The number of hydrogen-bond acceptors (Lipinski definition) is 5. The fourth-order valence-corrected chi connectivity index (χ4v) is 2.34. The lowest BCUT2D eigenvalue weighted by molar-refractivity contribution is 0.0697. The van der Waals surface area contributed by atoms with E-state index in [1.54, 1.807) is 18.2 Å². The smallest absolute Gasteiger partial charge is 0.335 e. The van der Waals surface area contributed by atoms with Crippen molar-refractivity contribution in [1.29, 1.82) is 0 Å². The molecule has 1 fully saturated rings. The maximum atomic E-state index is 11.0. The first-order valence-electron chi connectivity index (χ1n) is 6.41. The van der Waals surface area contributed by atoms with Gasteiger partial charge in [-0.25, -0.2) is 14.8 Å². The predicted molar refractivity (Wildman–Crippen MR) is 74.0 cm³/mol. The van der Waals surface area contributed by atoms with E-state index < -0.39 is 5.97 Å². The Labute approximate surface area is 115 Å². The minimum atomic E-state index is -0.962. The summed E-state index contributed by atoms with van der Waals surface area (Å²) in [5.74, 6) is -0.254. The van der Waals surface area contributed by atoms with Crippen LogP contribution in [0.2, 0.25) is 0 Å². The Morgan fingerprint density at radius 2 is 2.30 bits per heavy atom. The van der Waals surface area contributed by atoms with E-state index in [0.29, 0.717) is 17.9 Å². The van der Waals surface area contributed by atoms with E-state index in [1.165, 1.54) is 6.33 Å². The zero-order valence-electron chi connectivity index (χ0n) is 11.1. The maximum Gasteiger partial charge on any atom is 0.335 e. The molecule has 1 atom stereocenters. The number of ether oxygens (including phenoxy) is 1.